The highest BCUT2D eigenvalue weighted by molar-refractivity contribution is 6.48. The summed E-state index contributed by atoms with van der Waals surface area (Å²) in [6.45, 7) is 15.8. The van der Waals surface area contributed by atoms with Crippen LogP contribution in [0.3, 0.4) is 0 Å². The lowest BCUT2D eigenvalue weighted by molar-refractivity contribution is -0.155. The van der Waals surface area contributed by atoms with Crippen LogP contribution in [0.2, 0.25) is 13.1 Å². The highest BCUT2D eigenvalue weighted by atomic mass is 28.3. The van der Waals surface area contributed by atoms with E-state index in [-0.39, 0.29) is 17.4 Å². The molecule has 1 unspecified atom stereocenters. The quantitative estimate of drug-likeness (QED) is 0.737. The molecule has 1 rings (SSSR count). The minimum atomic E-state index is -1.25. The highest BCUT2D eigenvalue weighted by Gasteiger charge is 2.56. The van der Waals surface area contributed by atoms with E-state index >= 15 is 0 Å². The van der Waals surface area contributed by atoms with Gasteiger partial charge in [0.25, 0.3) is 0 Å². The zero-order valence-corrected chi connectivity index (χ0v) is 17.4. The summed E-state index contributed by atoms with van der Waals surface area (Å²) < 4.78 is 11.4. The van der Waals surface area contributed by atoms with Gasteiger partial charge < -0.3 is 19.6 Å². The number of alkyl carbamates (subject to hydrolysis) is 1. The molecule has 1 atom stereocenters. The van der Waals surface area contributed by atoms with Crippen molar-refractivity contribution in [2.24, 2.45) is 11.3 Å². The Morgan fingerprint density at radius 2 is 1.67 bits per heavy atom. The molecular weight excluding hydrogens is 326 g/mol. The molecule has 24 heavy (non-hydrogen) atoms. The summed E-state index contributed by atoms with van der Waals surface area (Å²) in [5.41, 5.74) is -1.98. The van der Waals surface area contributed by atoms with Crippen LogP contribution in [0.15, 0.2) is 0 Å². The summed E-state index contributed by atoms with van der Waals surface area (Å²) >= 11 is 0. The average Bonchev–Trinajstić information content (AvgIpc) is 2.26. The predicted molar refractivity (Wildman–Crippen MR) is 95.7 cm³/mol. The molecule has 7 heteroatoms. The van der Waals surface area contributed by atoms with Crippen molar-refractivity contribution in [2.75, 3.05) is 0 Å². The van der Waals surface area contributed by atoms with Crippen molar-refractivity contribution in [1.82, 2.24) is 5.32 Å². The van der Waals surface area contributed by atoms with E-state index in [4.69, 9.17) is 9.16 Å². The Kier molecular flexibility index (Phi) is 6.14. The molecule has 0 aromatic rings. The second kappa shape index (κ2) is 7.04. The lowest BCUT2D eigenvalue weighted by Crippen LogP contribution is -2.66. The van der Waals surface area contributed by atoms with E-state index in [1.54, 1.807) is 20.8 Å². The fraction of sp³-hybridized carbons (Fsp3) is 0.882. The SMILES string of the molecule is C[SiH](C)OC(C1CC(NC(=O)OC(C)(C)C)(C(=O)O)C1)C(C)(C)C. The summed E-state index contributed by atoms with van der Waals surface area (Å²) in [4.78, 5) is 23.7. The van der Waals surface area contributed by atoms with E-state index in [0.29, 0.717) is 12.8 Å². The molecule has 0 radical (unpaired) electrons. The highest BCUT2D eigenvalue weighted by Crippen LogP contribution is 2.46. The van der Waals surface area contributed by atoms with Gasteiger partial charge >= 0.3 is 12.1 Å². The Morgan fingerprint density at radius 3 is 2.00 bits per heavy atom. The van der Waals surface area contributed by atoms with Crippen LogP contribution in [0, 0.1) is 11.3 Å². The van der Waals surface area contributed by atoms with E-state index in [1.807, 2.05) is 0 Å². The van der Waals surface area contributed by atoms with Gasteiger partial charge in [0, 0.05) is 0 Å². The van der Waals surface area contributed by atoms with Gasteiger partial charge in [-0.15, -0.1) is 0 Å². The number of aliphatic carboxylic acids is 1. The molecule has 0 saturated heterocycles. The molecule has 0 spiro atoms. The molecule has 140 valence electrons. The van der Waals surface area contributed by atoms with Gasteiger partial charge in [-0.2, -0.15) is 0 Å². The van der Waals surface area contributed by atoms with Crippen LogP contribution in [0.25, 0.3) is 0 Å². The zero-order chi connectivity index (χ0) is 18.9. The van der Waals surface area contributed by atoms with Crippen LogP contribution in [-0.2, 0) is 14.0 Å². The summed E-state index contributed by atoms with van der Waals surface area (Å²) in [6, 6.07) is 0. The Morgan fingerprint density at radius 1 is 1.17 bits per heavy atom. The fourth-order valence-corrected chi connectivity index (χ4v) is 4.41. The van der Waals surface area contributed by atoms with Crippen LogP contribution < -0.4 is 5.32 Å². The summed E-state index contributed by atoms with van der Waals surface area (Å²) in [5.74, 6) is -0.898. The molecule has 6 nitrogen and oxygen atoms in total. The molecule has 1 aliphatic rings. The van der Waals surface area contributed by atoms with Gasteiger partial charge in [-0.25, -0.2) is 9.59 Å². The predicted octanol–water partition coefficient (Wildman–Crippen LogP) is 3.16. The molecule has 1 fully saturated rings. The minimum absolute atomic E-state index is 0.00271. The van der Waals surface area contributed by atoms with E-state index in [0.717, 1.165) is 0 Å². The minimum Gasteiger partial charge on any atom is -0.480 e. The standard InChI is InChI=1S/C17H33NO5Si/c1-15(2,3)12(23-24(7)8)11-9-17(10-11,13(19)20)18-14(21)22-16(4,5)6/h11-12,24H,9-10H2,1-8H3,(H,18,21)(H,19,20). The maximum Gasteiger partial charge on any atom is 0.408 e. The van der Waals surface area contributed by atoms with Crippen molar-refractivity contribution in [3.05, 3.63) is 0 Å². The molecular formula is C17H33NO5Si. The van der Waals surface area contributed by atoms with Crippen molar-refractivity contribution < 1.29 is 23.9 Å². The van der Waals surface area contributed by atoms with Crippen LogP contribution in [0.4, 0.5) is 4.79 Å². The van der Waals surface area contributed by atoms with Crippen LogP contribution in [0.1, 0.15) is 54.4 Å². The van der Waals surface area contributed by atoms with Gasteiger partial charge in [0.15, 0.2) is 9.04 Å². The molecule has 1 amide bonds. The average molecular weight is 360 g/mol. The second-order valence-electron chi connectivity index (χ2n) is 9.15. The molecule has 0 aromatic heterocycles. The van der Waals surface area contributed by atoms with E-state index in [1.165, 1.54) is 0 Å². The number of carbonyl (C=O) groups excluding carboxylic acids is 1. The van der Waals surface area contributed by atoms with Gasteiger partial charge in [0.05, 0.1) is 6.10 Å². The third-order valence-corrected chi connectivity index (χ3v) is 4.91. The van der Waals surface area contributed by atoms with Gasteiger partial charge in [-0.1, -0.05) is 20.8 Å². The zero-order valence-electron chi connectivity index (χ0n) is 16.2. The number of ether oxygens (including phenoxy) is 1. The number of rotatable bonds is 5. The monoisotopic (exact) mass is 359 g/mol. The van der Waals surface area contributed by atoms with E-state index in [9.17, 15) is 14.7 Å². The van der Waals surface area contributed by atoms with E-state index in [2.05, 4.69) is 39.2 Å². The van der Waals surface area contributed by atoms with Crippen LogP contribution >= 0.6 is 0 Å². The first-order valence-electron chi connectivity index (χ1n) is 8.56. The largest absolute Gasteiger partial charge is 0.480 e. The summed E-state index contributed by atoms with van der Waals surface area (Å²) in [7, 11) is -1.25. The third kappa shape index (κ3) is 5.48. The molecule has 0 heterocycles. The van der Waals surface area contributed by atoms with Crippen molar-refractivity contribution in [3.63, 3.8) is 0 Å². The first-order chi connectivity index (χ1) is 10.7. The maximum absolute atomic E-state index is 12.0. The number of hydrogen-bond donors (Lipinski definition) is 2. The van der Waals surface area contributed by atoms with Crippen molar-refractivity contribution >= 4 is 21.1 Å². The molecule has 1 saturated carbocycles. The number of nitrogens with one attached hydrogen (secondary N) is 1. The maximum atomic E-state index is 12.0. The first kappa shape index (κ1) is 21.0. The van der Waals surface area contributed by atoms with Gasteiger partial charge in [0.1, 0.15) is 11.1 Å². The van der Waals surface area contributed by atoms with Crippen molar-refractivity contribution in [1.29, 1.82) is 0 Å². The van der Waals surface area contributed by atoms with Gasteiger partial charge in [-0.3, -0.25) is 0 Å². The second-order valence-corrected chi connectivity index (χ2v) is 11.5. The van der Waals surface area contributed by atoms with Gasteiger partial charge in [-0.05, 0) is 58.0 Å². The van der Waals surface area contributed by atoms with E-state index < -0.39 is 32.2 Å². The number of carboxylic acids is 1. The van der Waals surface area contributed by atoms with Crippen LogP contribution in [0.5, 0.6) is 0 Å². The Balaban J connectivity index is 2.81. The first-order valence-corrected chi connectivity index (χ1v) is 11.3. The Bertz CT molecular complexity index is 472. The topological polar surface area (TPSA) is 84.9 Å². The fourth-order valence-electron chi connectivity index (χ4n) is 3.19. The smallest absolute Gasteiger partial charge is 0.408 e. The lowest BCUT2D eigenvalue weighted by Gasteiger charge is -2.51. The summed E-state index contributed by atoms with van der Waals surface area (Å²) in [6.07, 6.45) is 0.0433. The summed E-state index contributed by atoms with van der Waals surface area (Å²) in [5, 5.41) is 12.2. The third-order valence-electron chi connectivity index (χ3n) is 4.07. The number of carboxylic acid groups (broad SMARTS) is 1. The van der Waals surface area contributed by atoms with Crippen LogP contribution in [-0.4, -0.2) is 43.5 Å². The van der Waals surface area contributed by atoms with Crippen molar-refractivity contribution in [2.45, 2.75) is 84.7 Å². The molecule has 2 N–H and O–H groups in total. The molecule has 0 aromatic carbocycles. The Labute approximate surface area is 147 Å². The molecule has 0 aliphatic heterocycles. The lowest BCUT2D eigenvalue weighted by atomic mass is 9.62. The Hall–Kier alpha value is -1.08. The van der Waals surface area contributed by atoms with Gasteiger partial charge in [0.2, 0.25) is 0 Å². The van der Waals surface area contributed by atoms with Crippen molar-refractivity contribution in [3.8, 4) is 0 Å². The number of amides is 1. The number of carbonyl (C=O) groups is 2. The molecule has 1 aliphatic carbocycles. The molecule has 0 bridgehead atoms. The normalized spacial score (nSPS) is 25.8. The number of hydrogen-bond acceptors (Lipinski definition) is 4.